The van der Waals surface area contributed by atoms with Crippen molar-refractivity contribution in [2.75, 3.05) is 6.61 Å². The predicted octanol–water partition coefficient (Wildman–Crippen LogP) is 1.43. The molecule has 0 aromatic heterocycles. The highest BCUT2D eigenvalue weighted by molar-refractivity contribution is 4.86. The fraction of sp³-hybridized carbons (Fsp3) is 1.00. The zero-order valence-electron chi connectivity index (χ0n) is 8.33. The Morgan fingerprint density at radius 3 is 2.54 bits per heavy atom. The molecule has 0 aromatic carbocycles. The van der Waals surface area contributed by atoms with E-state index in [4.69, 9.17) is 4.74 Å². The Morgan fingerprint density at radius 2 is 2.00 bits per heavy atom. The lowest BCUT2D eigenvalue weighted by molar-refractivity contribution is -0.210. The molecule has 3 nitrogen and oxygen atoms in total. The summed E-state index contributed by atoms with van der Waals surface area (Å²) in [6.07, 6.45) is 4.32. The molecule has 0 amide bonds. The van der Waals surface area contributed by atoms with E-state index in [1.807, 2.05) is 0 Å². The van der Waals surface area contributed by atoms with Gasteiger partial charge in [0.05, 0.1) is 0 Å². The number of unbranched alkanes of at least 4 members (excludes halogenated alkanes) is 1. The minimum absolute atomic E-state index is 0.542. The fourth-order valence-corrected chi connectivity index (χ4v) is 1.73. The molecule has 0 spiro atoms. The highest BCUT2D eigenvalue weighted by Crippen LogP contribution is 2.32. The van der Waals surface area contributed by atoms with E-state index < -0.39 is 11.9 Å². The van der Waals surface area contributed by atoms with Crippen molar-refractivity contribution in [1.29, 1.82) is 0 Å². The van der Waals surface area contributed by atoms with Crippen LogP contribution in [0.4, 0.5) is 0 Å². The average molecular weight is 188 g/mol. The van der Waals surface area contributed by atoms with E-state index in [-0.39, 0.29) is 0 Å². The van der Waals surface area contributed by atoms with Crippen LogP contribution >= 0.6 is 0 Å². The van der Waals surface area contributed by atoms with Crippen molar-refractivity contribution in [2.45, 2.75) is 57.3 Å². The number of hydrogen-bond acceptors (Lipinski definition) is 3. The highest BCUT2D eigenvalue weighted by atomic mass is 16.6. The summed E-state index contributed by atoms with van der Waals surface area (Å²) in [7, 11) is 0. The molecule has 1 aliphatic rings. The van der Waals surface area contributed by atoms with Gasteiger partial charge >= 0.3 is 0 Å². The lowest BCUT2D eigenvalue weighted by Crippen LogP contribution is -2.41. The molecule has 78 valence electrons. The lowest BCUT2D eigenvalue weighted by atomic mass is 10.0. The van der Waals surface area contributed by atoms with Gasteiger partial charge in [0.2, 0.25) is 0 Å². The molecule has 1 fully saturated rings. The molecule has 1 rings (SSSR count). The molecule has 13 heavy (non-hydrogen) atoms. The largest absolute Gasteiger partial charge is 0.385 e. The Bertz CT molecular complexity index is 141. The minimum atomic E-state index is -0.985. The van der Waals surface area contributed by atoms with E-state index in [1.165, 1.54) is 0 Å². The van der Waals surface area contributed by atoms with Crippen LogP contribution in [0.25, 0.3) is 0 Å². The first kappa shape index (κ1) is 11.0. The fourth-order valence-electron chi connectivity index (χ4n) is 1.73. The third-order valence-corrected chi connectivity index (χ3v) is 2.70. The second-order valence-electron chi connectivity index (χ2n) is 3.89. The van der Waals surface area contributed by atoms with E-state index in [1.54, 1.807) is 0 Å². The summed E-state index contributed by atoms with van der Waals surface area (Å²) in [6.45, 7) is 2.61. The van der Waals surface area contributed by atoms with Crippen molar-refractivity contribution in [3.8, 4) is 0 Å². The SMILES string of the molecule is CCCCOC(O)C1(O)CCCC1. The molecular formula is C10H20O3. The highest BCUT2D eigenvalue weighted by Gasteiger charge is 2.39. The predicted molar refractivity (Wildman–Crippen MR) is 50.3 cm³/mol. The van der Waals surface area contributed by atoms with Gasteiger partial charge in [-0.05, 0) is 19.3 Å². The maximum Gasteiger partial charge on any atom is 0.183 e. The summed E-state index contributed by atoms with van der Waals surface area (Å²) < 4.78 is 5.17. The van der Waals surface area contributed by atoms with E-state index >= 15 is 0 Å². The summed E-state index contributed by atoms with van der Waals surface area (Å²) in [5.74, 6) is 0. The molecule has 0 radical (unpaired) electrons. The Balaban J connectivity index is 2.24. The van der Waals surface area contributed by atoms with Crippen molar-refractivity contribution in [1.82, 2.24) is 0 Å². The van der Waals surface area contributed by atoms with E-state index in [0.717, 1.165) is 25.7 Å². The lowest BCUT2D eigenvalue weighted by Gasteiger charge is -2.28. The van der Waals surface area contributed by atoms with Gasteiger partial charge in [0.25, 0.3) is 0 Å². The standard InChI is InChI=1S/C10H20O3/c1-2-3-8-13-9(11)10(12)6-4-5-7-10/h9,11-12H,2-8H2,1H3. The number of hydrogen-bond donors (Lipinski definition) is 2. The third-order valence-electron chi connectivity index (χ3n) is 2.70. The second kappa shape index (κ2) is 4.94. The van der Waals surface area contributed by atoms with Crippen LogP contribution in [0.2, 0.25) is 0 Å². The van der Waals surface area contributed by atoms with Crippen LogP contribution in [-0.4, -0.2) is 28.7 Å². The molecule has 1 unspecified atom stereocenters. The third kappa shape index (κ3) is 2.93. The molecule has 2 N–H and O–H groups in total. The van der Waals surface area contributed by atoms with Crippen molar-refractivity contribution < 1.29 is 14.9 Å². The number of aliphatic hydroxyl groups is 2. The zero-order chi connectivity index (χ0) is 9.73. The summed E-state index contributed by atoms with van der Waals surface area (Å²) >= 11 is 0. The summed E-state index contributed by atoms with van der Waals surface area (Å²) in [5, 5.41) is 19.4. The van der Waals surface area contributed by atoms with Crippen LogP contribution in [0.5, 0.6) is 0 Å². The van der Waals surface area contributed by atoms with Gasteiger partial charge in [-0.15, -0.1) is 0 Å². The van der Waals surface area contributed by atoms with Crippen LogP contribution in [0.15, 0.2) is 0 Å². The van der Waals surface area contributed by atoms with E-state index in [0.29, 0.717) is 19.4 Å². The summed E-state index contributed by atoms with van der Waals surface area (Å²) in [6, 6.07) is 0. The van der Waals surface area contributed by atoms with Crippen molar-refractivity contribution in [3.63, 3.8) is 0 Å². The Morgan fingerprint density at radius 1 is 1.38 bits per heavy atom. The molecule has 0 bridgehead atoms. The van der Waals surface area contributed by atoms with Crippen LogP contribution in [-0.2, 0) is 4.74 Å². The van der Waals surface area contributed by atoms with Crippen molar-refractivity contribution in [2.24, 2.45) is 0 Å². The van der Waals surface area contributed by atoms with E-state index in [9.17, 15) is 10.2 Å². The maximum atomic E-state index is 9.88. The quantitative estimate of drug-likeness (QED) is 0.507. The molecule has 1 atom stereocenters. The minimum Gasteiger partial charge on any atom is -0.385 e. The second-order valence-corrected chi connectivity index (χ2v) is 3.89. The zero-order valence-corrected chi connectivity index (χ0v) is 8.33. The molecule has 1 aliphatic carbocycles. The molecule has 1 saturated carbocycles. The number of rotatable bonds is 5. The Kier molecular flexibility index (Phi) is 4.16. The van der Waals surface area contributed by atoms with Gasteiger partial charge in [0.1, 0.15) is 5.60 Å². The molecule has 0 saturated heterocycles. The number of ether oxygens (including phenoxy) is 1. The smallest absolute Gasteiger partial charge is 0.183 e. The first-order valence-corrected chi connectivity index (χ1v) is 5.21. The van der Waals surface area contributed by atoms with Gasteiger partial charge in [-0.1, -0.05) is 26.2 Å². The van der Waals surface area contributed by atoms with Crippen molar-refractivity contribution >= 4 is 0 Å². The Hall–Kier alpha value is -0.120. The monoisotopic (exact) mass is 188 g/mol. The first-order valence-electron chi connectivity index (χ1n) is 5.21. The van der Waals surface area contributed by atoms with Crippen LogP contribution in [0.1, 0.15) is 45.4 Å². The van der Waals surface area contributed by atoms with E-state index in [2.05, 4.69) is 6.92 Å². The van der Waals surface area contributed by atoms with Gasteiger partial charge < -0.3 is 14.9 Å². The molecule has 0 heterocycles. The summed E-state index contributed by atoms with van der Waals surface area (Å²) in [5.41, 5.74) is -0.965. The molecule has 0 aromatic rings. The molecule has 0 aliphatic heterocycles. The normalized spacial score (nSPS) is 23.3. The van der Waals surface area contributed by atoms with Crippen LogP contribution in [0, 0.1) is 0 Å². The molecule has 3 heteroatoms. The van der Waals surface area contributed by atoms with Gasteiger partial charge in [0, 0.05) is 6.61 Å². The first-order chi connectivity index (χ1) is 6.19. The van der Waals surface area contributed by atoms with Gasteiger partial charge in [0.15, 0.2) is 6.29 Å². The average Bonchev–Trinajstić information content (AvgIpc) is 2.54. The topological polar surface area (TPSA) is 49.7 Å². The van der Waals surface area contributed by atoms with Crippen LogP contribution in [0.3, 0.4) is 0 Å². The molecular weight excluding hydrogens is 168 g/mol. The maximum absolute atomic E-state index is 9.88. The van der Waals surface area contributed by atoms with Gasteiger partial charge in [-0.25, -0.2) is 0 Å². The van der Waals surface area contributed by atoms with Gasteiger partial charge in [-0.3, -0.25) is 0 Å². The Labute approximate surface area is 79.7 Å². The summed E-state index contributed by atoms with van der Waals surface area (Å²) in [4.78, 5) is 0. The van der Waals surface area contributed by atoms with Gasteiger partial charge in [-0.2, -0.15) is 0 Å². The number of aliphatic hydroxyl groups excluding tert-OH is 1. The van der Waals surface area contributed by atoms with Crippen molar-refractivity contribution in [3.05, 3.63) is 0 Å². The van der Waals surface area contributed by atoms with Crippen LogP contribution < -0.4 is 0 Å².